The molecule has 21 heavy (non-hydrogen) atoms. The molecular weight excluding hydrogens is 264 g/mol. The van der Waals surface area contributed by atoms with E-state index in [9.17, 15) is 4.79 Å². The van der Waals surface area contributed by atoms with Crippen molar-refractivity contribution in [3.8, 4) is 0 Å². The van der Waals surface area contributed by atoms with Crippen molar-refractivity contribution in [3.05, 3.63) is 60.1 Å². The molecule has 0 aliphatic carbocycles. The summed E-state index contributed by atoms with van der Waals surface area (Å²) in [5.74, 6) is 0.338. The predicted molar refractivity (Wildman–Crippen MR) is 83.8 cm³/mol. The van der Waals surface area contributed by atoms with Crippen LogP contribution in [0, 0.1) is 13.8 Å². The maximum Gasteiger partial charge on any atom is 0.271 e. The van der Waals surface area contributed by atoms with Crippen LogP contribution in [0.5, 0.6) is 0 Å². The van der Waals surface area contributed by atoms with Gasteiger partial charge in [-0.2, -0.15) is 0 Å². The Morgan fingerprint density at radius 3 is 2.76 bits per heavy atom. The van der Waals surface area contributed by atoms with Crippen LogP contribution in [-0.4, -0.2) is 22.4 Å². The minimum atomic E-state index is -0.263. The Morgan fingerprint density at radius 2 is 2.10 bits per heavy atom. The third-order valence-electron chi connectivity index (χ3n) is 3.16. The fraction of sp³-hybridized carbons (Fsp3) is 0.188. The highest BCUT2D eigenvalue weighted by molar-refractivity contribution is 5.92. The van der Waals surface area contributed by atoms with Crippen molar-refractivity contribution in [2.45, 2.75) is 13.8 Å². The van der Waals surface area contributed by atoms with Crippen molar-refractivity contribution >= 4 is 17.4 Å². The van der Waals surface area contributed by atoms with Gasteiger partial charge in [-0.15, -0.1) is 6.58 Å². The highest BCUT2D eigenvalue weighted by atomic mass is 16.1. The second kappa shape index (κ2) is 6.65. The predicted octanol–water partition coefficient (Wildman–Crippen LogP) is 2.75. The van der Waals surface area contributed by atoms with E-state index in [-0.39, 0.29) is 11.6 Å². The number of carbonyl (C=O) groups excluding carboxylic acids is 1. The largest absolute Gasteiger partial charge is 0.347 e. The highest BCUT2D eigenvalue weighted by Gasteiger charge is 2.07. The Labute approximate surface area is 124 Å². The monoisotopic (exact) mass is 282 g/mol. The van der Waals surface area contributed by atoms with Gasteiger partial charge in [-0.05, 0) is 31.0 Å². The number of hydrogen-bond donors (Lipinski definition) is 2. The first-order valence-electron chi connectivity index (χ1n) is 6.66. The molecule has 0 spiro atoms. The Bertz CT molecular complexity index is 650. The molecule has 0 atom stereocenters. The molecule has 1 heterocycles. The quantitative estimate of drug-likeness (QED) is 0.827. The second-order valence-corrected chi connectivity index (χ2v) is 4.66. The molecule has 2 N–H and O–H groups in total. The highest BCUT2D eigenvalue weighted by Crippen LogP contribution is 2.21. The SMILES string of the molecule is C=CCNC(=O)c1cnc(Nc2cccc(C)c2C)cn1. The fourth-order valence-corrected chi connectivity index (χ4v) is 1.79. The van der Waals surface area contributed by atoms with E-state index in [1.54, 1.807) is 12.3 Å². The average Bonchev–Trinajstić information content (AvgIpc) is 2.50. The lowest BCUT2D eigenvalue weighted by molar-refractivity contribution is 0.0952. The smallest absolute Gasteiger partial charge is 0.271 e. The van der Waals surface area contributed by atoms with Gasteiger partial charge in [0.25, 0.3) is 5.91 Å². The molecule has 0 aliphatic rings. The van der Waals surface area contributed by atoms with Gasteiger partial charge in [0.15, 0.2) is 0 Å². The van der Waals surface area contributed by atoms with Gasteiger partial charge in [-0.25, -0.2) is 9.97 Å². The topological polar surface area (TPSA) is 66.9 Å². The zero-order chi connectivity index (χ0) is 15.2. The van der Waals surface area contributed by atoms with Gasteiger partial charge >= 0.3 is 0 Å². The van der Waals surface area contributed by atoms with Crippen molar-refractivity contribution < 1.29 is 4.79 Å². The summed E-state index contributed by atoms with van der Waals surface area (Å²) in [5.41, 5.74) is 3.62. The summed E-state index contributed by atoms with van der Waals surface area (Å²) < 4.78 is 0. The Kier molecular flexibility index (Phi) is 4.66. The summed E-state index contributed by atoms with van der Waals surface area (Å²) in [4.78, 5) is 20.0. The minimum absolute atomic E-state index is 0.263. The van der Waals surface area contributed by atoms with E-state index in [4.69, 9.17) is 0 Å². The number of hydrogen-bond acceptors (Lipinski definition) is 4. The third-order valence-corrected chi connectivity index (χ3v) is 3.16. The van der Waals surface area contributed by atoms with Crippen LogP contribution in [-0.2, 0) is 0 Å². The molecule has 5 heteroatoms. The van der Waals surface area contributed by atoms with E-state index >= 15 is 0 Å². The van der Waals surface area contributed by atoms with Crippen LogP contribution >= 0.6 is 0 Å². The molecule has 1 amide bonds. The summed E-state index contributed by atoms with van der Waals surface area (Å²) in [7, 11) is 0. The molecule has 1 aromatic carbocycles. The molecule has 0 aliphatic heterocycles. The number of aryl methyl sites for hydroxylation is 1. The zero-order valence-corrected chi connectivity index (χ0v) is 12.2. The van der Waals surface area contributed by atoms with Crippen LogP contribution in [0.4, 0.5) is 11.5 Å². The van der Waals surface area contributed by atoms with E-state index in [2.05, 4.69) is 40.2 Å². The Balaban J connectivity index is 2.10. The number of nitrogens with one attached hydrogen (secondary N) is 2. The van der Waals surface area contributed by atoms with Gasteiger partial charge in [0.2, 0.25) is 0 Å². The minimum Gasteiger partial charge on any atom is -0.347 e. The van der Waals surface area contributed by atoms with Crippen LogP contribution < -0.4 is 10.6 Å². The van der Waals surface area contributed by atoms with Gasteiger partial charge in [0.05, 0.1) is 12.4 Å². The number of anilines is 2. The summed E-state index contributed by atoms with van der Waals surface area (Å²) in [5, 5.41) is 5.86. The van der Waals surface area contributed by atoms with Crippen LogP contribution in [0.1, 0.15) is 21.6 Å². The standard InChI is InChI=1S/C16H18N4O/c1-4-8-17-16(21)14-9-19-15(10-18-14)20-13-7-5-6-11(2)12(13)3/h4-7,9-10H,1,8H2,2-3H3,(H,17,21)(H,19,20). The van der Waals surface area contributed by atoms with Gasteiger partial charge in [0, 0.05) is 12.2 Å². The zero-order valence-electron chi connectivity index (χ0n) is 12.2. The van der Waals surface area contributed by atoms with Crippen LogP contribution in [0.3, 0.4) is 0 Å². The van der Waals surface area contributed by atoms with Gasteiger partial charge < -0.3 is 10.6 Å². The molecular formula is C16H18N4O. The van der Waals surface area contributed by atoms with Crippen molar-refractivity contribution in [1.29, 1.82) is 0 Å². The Hall–Kier alpha value is -2.69. The number of carbonyl (C=O) groups is 1. The molecule has 0 saturated carbocycles. The lowest BCUT2D eigenvalue weighted by atomic mass is 10.1. The normalized spacial score (nSPS) is 10.0. The first-order chi connectivity index (χ1) is 10.1. The first kappa shape index (κ1) is 14.7. The molecule has 108 valence electrons. The Morgan fingerprint density at radius 1 is 1.29 bits per heavy atom. The molecule has 1 aromatic heterocycles. The third kappa shape index (κ3) is 3.66. The van der Waals surface area contributed by atoms with E-state index in [0.717, 1.165) is 11.3 Å². The maximum absolute atomic E-state index is 11.7. The number of benzene rings is 1. The van der Waals surface area contributed by atoms with Crippen molar-refractivity contribution in [2.75, 3.05) is 11.9 Å². The lowest BCUT2D eigenvalue weighted by Crippen LogP contribution is -2.24. The van der Waals surface area contributed by atoms with Crippen molar-refractivity contribution in [3.63, 3.8) is 0 Å². The lowest BCUT2D eigenvalue weighted by Gasteiger charge is -2.10. The van der Waals surface area contributed by atoms with E-state index in [1.807, 2.05) is 19.1 Å². The number of rotatable bonds is 5. The van der Waals surface area contributed by atoms with Crippen LogP contribution in [0.2, 0.25) is 0 Å². The van der Waals surface area contributed by atoms with Crippen molar-refractivity contribution in [1.82, 2.24) is 15.3 Å². The molecule has 0 bridgehead atoms. The molecule has 0 fully saturated rings. The van der Waals surface area contributed by atoms with Gasteiger partial charge in [-0.1, -0.05) is 18.2 Å². The van der Waals surface area contributed by atoms with Crippen LogP contribution in [0.25, 0.3) is 0 Å². The molecule has 0 unspecified atom stereocenters. The average molecular weight is 282 g/mol. The molecule has 2 aromatic rings. The molecule has 5 nitrogen and oxygen atoms in total. The van der Waals surface area contributed by atoms with Gasteiger partial charge in [0.1, 0.15) is 11.5 Å². The summed E-state index contributed by atoms with van der Waals surface area (Å²) in [6.45, 7) is 8.05. The number of amides is 1. The summed E-state index contributed by atoms with van der Waals surface area (Å²) >= 11 is 0. The second-order valence-electron chi connectivity index (χ2n) is 4.66. The fourth-order valence-electron chi connectivity index (χ4n) is 1.79. The van der Waals surface area contributed by atoms with E-state index < -0.39 is 0 Å². The summed E-state index contributed by atoms with van der Waals surface area (Å²) in [6, 6.07) is 6.02. The molecule has 0 saturated heterocycles. The maximum atomic E-state index is 11.7. The van der Waals surface area contributed by atoms with E-state index in [1.165, 1.54) is 11.8 Å². The first-order valence-corrected chi connectivity index (χ1v) is 6.66. The molecule has 0 radical (unpaired) electrons. The van der Waals surface area contributed by atoms with Crippen LogP contribution in [0.15, 0.2) is 43.2 Å². The molecule has 2 rings (SSSR count). The van der Waals surface area contributed by atoms with Gasteiger partial charge in [-0.3, -0.25) is 4.79 Å². The number of nitrogens with zero attached hydrogens (tertiary/aromatic N) is 2. The van der Waals surface area contributed by atoms with Crippen molar-refractivity contribution in [2.24, 2.45) is 0 Å². The van der Waals surface area contributed by atoms with E-state index in [0.29, 0.717) is 12.4 Å². The summed E-state index contributed by atoms with van der Waals surface area (Å²) in [6.07, 6.45) is 4.61. The number of aromatic nitrogens is 2.